The number of benzene rings is 1. The van der Waals surface area contributed by atoms with Crippen molar-refractivity contribution in [3.8, 4) is 16.9 Å². The standard InChI is InChI=1S/C25H21F3N8OS/c1-30-9-16(8-29)15-3-6-22-33-34-24(36(22)13-15)38-18-4-5-21-19(7-18)23(37-14-25(26,27)28)20(11-31-21)17-10-32-35(2)12-17/h3-13H,14,29H2,1-2H3. The van der Waals surface area contributed by atoms with Gasteiger partial charge in [-0.15, -0.1) is 10.2 Å². The summed E-state index contributed by atoms with van der Waals surface area (Å²) in [7, 11) is 3.38. The van der Waals surface area contributed by atoms with E-state index in [9.17, 15) is 13.2 Å². The van der Waals surface area contributed by atoms with Crippen molar-refractivity contribution >= 4 is 40.1 Å². The Bertz CT molecular complexity index is 1690. The van der Waals surface area contributed by atoms with E-state index < -0.39 is 12.8 Å². The first-order valence-corrected chi connectivity index (χ1v) is 12.1. The van der Waals surface area contributed by atoms with Gasteiger partial charge >= 0.3 is 6.18 Å². The van der Waals surface area contributed by atoms with Gasteiger partial charge in [-0.2, -0.15) is 18.3 Å². The molecular formula is C25H21F3N8OS. The van der Waals surface area contributed by atoms with Gasteiger partial charge in [0.2, 0.25) is 0 Å². The predicted molar refractivity (Wildman–Crippen MR) is 139 cm³/mol. The number of ether oxygens (including phenoxy) is 1. The molecular weight excluding hydrogens is 517 g/mol. The minimum atomic E-state index is -4.51. The number of nitrogens with zero attached hydrogens (tertiary/aromatic N) is 7. The number of halogens is 3. The van der Waals surface area contributed by atoms with Crippen molar-refractivity contribution in [2.24, 2.45) is 17.8 Å². The maximum atomic E-state index is 13.1. The number of rotatable bonds is 7. The maximum Gasteiger partial charge on any atom is 0.422 e. The number of aromatic nitrogens is 6. The third kappa shape index (κ3) is 5.18. The zero-order chi connectivity index (χ0) is 26.9. The first-order chi connectivity index (χ1) is 18.3. The fourth-order valence-corrected chi connectivity index (χ4v) is 4.70. The average Bonchev–Trinajstić information content (AvgIpc) is 3.51. The first kappa shape index (κ1) is 25.3. The van der Waals surface area contributed by atoms with E-state index in [1.807, 2.05) is 28.8 Å². The summed E-state index contributed by atoms with van der Waals surface area (Å²) in [4.78, 5) is 9.19. The Morgan fingerprint density at radius 1 is 1.16 bits per heavy atom. The Balaban J connectivity index is 1.58. The minimum Gasteiger partial charge on any atom is -0.483 e. The topological polar surface area (TPSA) is 109 Å². The van der Waals surface area contributed by atoms with Crippen molar-refractivity contribution in [1.29, 1.82) is 0 Å². The molecule has 1 aromatic carbocycles. The van der Waals surface area contributed by atoms with Gasteiger partial charge in [0.25, 0.3) is 0 Å². The van der Waals surface area contributed by atoms with Gasteiger partial charge in [-0.25, -0.2) is 0 Å². The second-order valence-electron chi connectivity index (χ2n) is 8.23. The number of aliphatic imine (C=N–C) groups is 1. The quantitative estimate of drug-likeness (QED) is 0.297. The molecule has 0 unspecified atom stereocenters. The second-order valence-corrected chi connectivity index (χ2v) is 9.27. The van der Waals surface area contributed by atoms with Crippen molar-refractivity contribution in [1.82, 2.24) is 29.4 Å². The Labute approximate surface area is 218 Å². The molecule has 13 heteroatoms. The van der Waals surface area contributed by atoms with Crippen LogP contribution in [0.2, 0.25) is 0 Å². The van der Waals surface area contributed by atoms with Gasteiger partial charge in [0, 0.05) is 77.6 Å². The predicted octanol–water partition coefficient (Wildman–Crippen LogP) is 4.77. The molecule has 0 aliphatic carbocycles. The summed E-state index contributed by atoms with van der Waals surface area (Å²) in [5.41, 5.74) is 9.41. The van der Waals surface area contributed by atoms with Crippen LogP contribution in [0, 0.1) is 0 Å². The third-order valence-corrected chi connectivity index (χ3v) is 6.50. The summed E-state index contributed by atoms with van der Waals surface area (Å²) >= 11 is 1.30. The maximum absolute atomic E-state index is 13.1. The molecule has 4 heterocycles. The number of hydrogen-bond acceptors (Lipinski definition) is 8. The van der Waals surface area contributed by atoms with Crippen molar-refractivity contribution in [2.45, 2.75) is 16.2 Å². The highest BCUT2D eigenvalue weighted by atomic mass is 32.2. The summed E-state index contributed by atoms with van der Waals surface area (Å²) in [5.74, 6) is 0.0766. The molecule has 0 spiro atoms. The van der Waals surface area contributed by atoms with Crippen LogP contribution < -0.4 is 10.5 Å². The lowest BCUT2D eigenvalue weighted by atomic mass is 10.1. The second kappa shape index (κ2) is 10.2. The molecule has 0 atom stereocenters. The zero-order valence-corrected chi connectivity index (χ0v) is 21.0. The molecule has 0 amide bonds. The molecule has 0 saturated heterocycles. The van der Waals surface area contributed by atoms with Crippen LogP contribution >= 0.6 is 11.8 Å². The van der Waals surface area contributed by atoms with Crippen LogP contribution in [0.3, 0.4) is 0 Å². The number of hydrogen-bond donors (Lipinski definition) is 1. The molecule has 0 saturated carbocycles. The van der Waals surface area contributed by atoms with E-state index in [1.54, 1.807) is 49.5 Å². The molecule has 9 nitrogen and oxygen atoms in total. The van der Waals surface area contributed by atoms with Gasteiger partial charge in [-0.1, -0.05) is 0 Å². The number of aryl methyl sites for hydroxylation is 1. The average molecular weight is 539 g/mol. The van der Waals surface area contributed by atoms with Crippen LogP contribution in [0.25, 0.3) is 33.3 Å². The normalized spacial score (nSPS) is 12.7. The smallest absolute Gasteiger partial charge is 0.422 e. The summed E-state index contributed by atoms with van der Waals surface area (Å²) < 4.78 is 48.1. The number of nitrogens with two attached hydrogens (primary N) is 1. The van der Waals surface area contributed by atoms with E-state index in [0.717, 1.165) is 11.1 Å². The fraction of sp³-hybridized carbons (Fsp3) is 0.160. The van der Waals surface area contributed by atoms with Gasteiger partial charge in [-0.3, -0.25) is 19.1 Å². The lowest BCUT2D eigenvalue weighted by Crippen LogP contribution is -2.19. The van der Waals surface area contributed by atoms with Crippen LogP contribution in [0.15, 0.2) is 76.4 Å². The van der Waals surface area contributed by atoms with Crippen LogP contribution in [0.5, 0.6) is 5.75 Å². The van der Waals surface area contributed by atoms with E-state index in [-0.39, 0.29) is 5.75 Å². The van der Waals surface area contributed by atoms with Crippen LogP contribution in [0.4, 0.5) is 13.2 Å². The summed E-state index contributed by atoms with van der Waals surface area (Å²) in [5, 5.41) is 13.6. The monoisotopic (exact) mass is 538 g/mol. The Kier molecular flexibility index (Phi) is 6.76. The van der Waals surface area contributed by atoms with Crippen molar-refractivity contribution < 1.29 is 17.9 Å². The van der Waals surface area contributed by atoms with E-state index in [1.165, 1.54) is 24.2 Å². The molecule has 38 heavy (non-hydrogen) atoms. The van der Waals surface area contributed by atoms with Crippen molar-refractivity contribution in [3.63, 3.8) is 0 Å². The van der Waals surface area contributed by atoms with E-state index in [2.05, 4.69) is 25.3 Å². The SMILES string of the molecule is CN=CC(=CN)c1ccc2nnc(Sc3ccc4ncc(-c5cnn(C)c5)c(OCC(F)(F)F)c4c3)n2c1. The first-order valence-electron chi connectivity index (χ1n) is 11.2. The summed E-state index contributed by atoms with van der Waals surface area (Å²) in [6.07, 6.45) is 5.18. The lowest BCUT2D eigenvalue weighted by molar-refractivity contribution is -0.153. The van der Waals surface area contributed by atoms with E-state index in [4.69, 9.17) is 10.5 Å². The molecule has 194 valence electrons. The fourth-order valence-electron chi connectivity index (χ4n) is 3.85. The highest BCUT2D eigenvalue weighted by molar-refractivity contribution is 7.99. The Morgan fingerprint density at radius 2 is 2.00 bits per heavy atom. The number of alkyl halides is 3. The zero-order valence-electron chi connectivity index (χ0n) is 20.2. The number of fused-ring (bicyclic) bond motifs is 2. The highest BCUT2D eigenvalue weighted by Crippen LogP contribution is 2.39. The number of pyridine rings is 2. The molecule has 0 radical (unpaired) electrons. The highest BCUT2D eigenvalue weighted by Gasteiger charge is 2.29. The largest absolute Gasteiger partial charge is 0.483 e. The molecule has 0 aliphatic heterocycles. The molecule has 0 fully saturated rings. The molecule has 5 rings (SSSR count). The minimum absolute atomic E-state index is 0.0766. The Hall–Kier alpha value is -4.39. The molecule has 5 aromatic rings. The van der Waals surface area contributed by atoms with E-state index >= 15 is 0 Å². The van der Waals surface area contributed by atoms with Gasteiger partial charge < -0.3 is 10.5 Å². The molecule has 2 N–H and O–H groups in total. The van der Waals surface area contributed by atoms with Gasteiger partial charge in [0.05, 0.1) is 11.7 Å². The Morgan fingerprint density at radius 3 is 2.71 bits per heavy atom. The van der Waals surface area contributed by atoms with Crippen LogP contribution in [-0.4, -0.2) is 55.4 Å². The molecule has 4 aromatic heterocycles. The van der Waals surface area contributed by atoms with Crippen molar-refractivity contribution in [3.05, 3.63) is 66.9 Å². The van der Waals surface area contributed by atoms with E-state index in [0.29, 0.717) is 37.7 Å². The van der Waals surface area contributed by atoms with Gasteiger partial charge in [-0.05, 0) is 42.1 Å². The number of allylic oxidation sites excluding steroid dienone is 1. The summed E-state index contributed by atoms with van der Waals surface area (Å²) in [6.45, 7) is -1.44. The summed E-state index contributed by atoms with van der Waals surface area (Å²) in [6, 6.07) is 8.96. The van der Waals surface area contributed by atoms with Gasteiger partial charge in [0.15, 0.2) is 17.4 Å². The van der Waals surface area contributed by atoms with Crippen LogP contribution in [0.1, 0.15) is 5.56 Å². The molecule has 0 aliphatic rings. The van der Waals surface area contributed by atoms with Crippen LogP contribution in [-0.2, 0) is 7.05 Å². The third-order valence-electron chi connectivity index (χ3n) is 5.55. The van der Waals surface area contributed by atoms with Gasteiger partial charge in [0.1, 0.15) is 5.75 Å². The lowest BCUT2D eigenvalue weighted by Gasteiger charge is -2.15. The van der Waals surface area contributed by atoms with Crippen molar-refractivity contribution in [2.75, 3.05) is 13.7 Å². The molecule has 0 bridgehead atoms.